The van der Waals surface area contributed by atoms with Crippen molar-refractivity contribution in [3.05, 3.63) is 0 Å². The predicted molar refractivity (Wildman–Crippen MR) is 89.6 cm³/mol. The smallest absolute Gasteiger partial charge is 0.0610 e. The maximum Gasteiger partial charge on any atom is 0.0610 e. The summed E-state index contributed by atoms with van der Waals surface area (Å²) in [6, 6.07) is 1.52. The number of unbranched alkanes of at least 4 members (excludes halogenated alkanes) is 1. The van der Waals surface area contributed by atoms with E-state index in [-0.39, 0.29) is 12.1 Å². The number of hydrogen-bond acceptors (Lipinski definition) is 3. The van der Waals surface area contributed by atoms with Crippen molar-refractivity contribution in [2.45, 2.75) is 95.7 Å². The molecule has 0 spiro atoms. The van der Waals surface area contributed by atoms with Crippen molar-refractivity contribution in [3.63, 3.8) is 0 Å². The number of aliphatic hydroxyl groups excluding tert-OH is 1. The standard InChI is InChI=1S/C18H36N2O/c1-3-8-17-9-4-6-13-20(17)14-7-5-12-18(2,15-21)19-16-10-11-16/h16-17,19,21H,3-15H2,1-2H3. The summed E-state index contributed by atoms with van der Waals surface area (Å²) in [5, 5.41) is 13.3. The van der Waals surface area contributed by atoms with Crippen molar-refractivity contribution in [1.82, 2.24) is 10.2 Å². The van der Waals surface area contributed by atoms with E-state index in [9.17, 15) is 5.11 Å². The fraction of sp³-hybridized carbons (Fsp3) is 1.00. The van der Waals surface area contributed by atoms with Gasteiger partial charge in [0.1, 0.15) is 0 Å². The van der Waals surface area contributed by atoms with Gasteiger partial charge in [-0.3, -0.25) is 0 Å². The van der Waals surface area contributed by atoms with E-state index in [4.69, 9.17) is 0 Å². The molecule has 0 aromatic rings. The summed E-state index contributed by atoms with van der Waals surface area (Å²) < 4.78 is 0. The van der Waals surface area contributed by atoms with Crippen LogP contribution in [0.25, 0.3) is 0 Å². The van der Waals surface area contributed by atoms with E-state index < -0.39 is 0 Å². The second-order valence-corrected chi connectivity index (χ2v) is 7.57. The van der Waals surface area contributed by atoms with Crippen LogP contribution in [-0.2, 0) is 0 Å². The Morgan fingerprint density at radius 2 is 2.00 bits per heavy atom. The molecule has 0 aromatic carbocycles. The van der Waals surface area contributed by atoms with E-state index in [2.05, 4.69) is 24.1 Å². The van der Waals surface area contributed by atoms with Crippen LogP contribution in [0.2, 0.25) is 0 Å². The van der Waals surface area contributed by atoms with Crippen LogP contribution in [0.5, 0.6) is 0 Å². The van der Waals surface area contributed by atoms with Gasteiger partial charge < -0.3 is 15.3 Å². The first kappa shape index (κ1) is 17.2. The summed E-state index contributed by atoms with van der Waals surface area (Å²) in [5.74, 6) is 0. The lowest BCUT2D eigenvalue weighted by Gasteiger charge is -2.36. The average molecular weight is 296 g/mol. The monoisotopic (exact) mass is 296 g/mol. The van der Waals surface area contributed by atoms with Gasteiger partial charge in [-0.25, -0.2) is 0 Å². The third kappa shape index (κ3) is 5.88. The second kappa shape index (κ2) is 8.50. The molecule has 2 N–H and O–H groups in total. The second-order valence-electron chi connectivity index (χ2n) is 7.57. The van der Waals surface area contributed by atoms with Crippen LogP contribution in [0.4, 0.5) is 0 Å². The third-order valence-corrected chi connectivity index (χ3v) is 5.27. The zero-order chi connectivity index (χ0) is 15.1. The van der Waals surface area contributed by atoms with Crippen LogP contribution >= 0.6 is 0 Å². The van der Waals surface area contributed by atoms with Crippen molar-refractivity contribution in [2.75, 3.05) is 19.7 Å². The fourth-order valence-corrected chi connectivity index (χ4v) is 3.76. The molecule has 1 saturated carbocycles. The van der Waals surface area contributed by atoms with Gasteiger partial charge >= 0.3 is 0 Å². The maximum atomic E-state index is 9.65. The van der Waals surface area contributed by atoms with E-state index in [0.29, 0.717) is 6.04 Å². The Balaban J connectivity index is 1.65. The Kier molecular flexibility index (Phi) is 6.97. The molecule has 0 bridgehead atoms. The van der Waals surface area contributed by atoms with Gasteiger partial charge in [0.2, 0.25) is 0 Å². The molecule has 0 amide bonds. The van der Waals surface area contributed by atoms with E-state index in [1.807, 2.05) is 0 Å². The molecule has 1 aliphatic heterocycles. The first-order valence-corrected chi connectivity index (χ1v) is 9.29. The number of aliphatic hydroxyl groups is 1. The summed E-state index contributed by atoms with van der Waals surface area (Å²) >= 11 is 0. The normalized spacial score (nSPS) is 26.7. The Morgan fingerprint density at radius 3 is 2.67 bits per heavy atom. The molecule has 2 unspecified atom stereocenters. The third-order valence-electron chi connectivity index (χ3n) is 5.27. The molecule has 3 nitrogen and oxygen atoms in total. The summed E-state index contributed by atoms with van der Waals surface area (Å²) in [7, 11) is 0. The van der Waals surface area contributed by atoms with E-state index in [1.54, 1.807) is 0 Å². The zero-order valence-corrected chi connectivity index (χ0v) is 14.2. The molecule has 124 valence electrons. The lowest BCUT2D eigenvalue weighted by Crippen LogP contribution is -2.47. The average Bonchev–Trinajstić information content (AvgIpc) is 3.29. The van der Waals surface area contributed by atoms with Gasteiger partial charge in [-0.2, -0.15) is 0 Å². The minimum Gasteiger partial charge on any atom is -0.394 e. The zero-order valence-electron chi connectivity index (χ0n) is 14.2. The van der Waals surface area contributed by atoms with Crippen LogP contribution in [0.1, 0.15) is 78.1 Å². The molecule has 0 radical (unpaired) electrons. The molecule has 2 aliphatic rings. The number of hydrogen-bond donors (Lipinski definition) is 2. The van der Waals surface area contributed by atoms with Crippen LogP contribution in [0.3, 0.4) is 0 Å². The molecular formula is C18H36N2O. The fourth-order valence-electron chi connectivity index (χ4n) is 3.76. The van der Waals surface area contributed by atoms with Gasteiger partial charge in [0.25, 0.3) is 0 Å². The van der Waals surface area contributed by atoms with Gasteiger partial charge in [-0.1, -0.05) is 26.2 Å². The largest absolute Gasteiger partial charge is 0.394 e. The highest BCUT2D eigenvalue weighted by atomic mass is 16.3. The number of rotatable bonds is 10. The first-order valence-electron chi connectivity index (χ1n) is 9.29. The lowest BCUT2D eigenvalue weighted by molar-refractivity contribution is 0.130. The Bertz CT molecular complexity index is 291. The van der Waals surface area contributed by atoms with Gasteiger partial charge in [-0.15, -0.1) is 0 Å². The van der Waals surface area contributed by atoms with Crippen LogP contribution in [0.15, 0.2) is 0 Å². The van der Waals surface area contributed by atoms with Crippen molar-refractivity contribution in [2.24, 2.45) is 0 Å². The quantitative estimate of drug-likeness (QED) is 0.607. The predicted octanol–water partition coefficient (Wildman–Crippen LogP) is 3.31. The van der Waals surface area contributed by atoms with E-state index >= 15 is 0 Å². The molecule has 1 heterocycles. The van der Waals surface area contributed by atoms with Gasteiger partial charge in [0.05, 0.1) is 6.61 Å². The van der Waals surface area contributed by atoms with Crippen molar-refractivity contribution in [3.8, 4) is 0 Å². The number of nitrogens with zero attached hydrogens (tertiary/aromatic N) is 1. The first-order chi connectivity index (χ1) is 10.2. The highest BCUT2D eigenvalue weighted by Crippen LogP contribution is 2.25. The van der Waals surface area contributed by atoms with Gasteiger partial charge in [-0.05, 0) is 65.0 Å². The van der Waals surface area contributed by atoms with Gasteiger partial charge in [0.15, 0.2) is 0 Å². The van der Waals surface area contributed by atoms with Crippen LogP contribution in [0, 0.1) is 0 Å². The number of nitrogens with one attached hydrogen (secondary N) is 1. The minimum absolute atomic E-state index is 0.0497. The molecule has 2 fully saturated rings. The van der Waals surface area contributed by atoms with Crippen LogP contribution < -0.4 is 5.32 Å². The summed E-state index contributed by atoms with van der Waals surface area (Å²) in [6.07, 6.45) is 13.1. The maximum absolute atomic E-state index is 9.65. The van der Waals surface area contributed by atoms with Crippen molar-refractivity contribution >= 4 is 0 Å². The lowest BCUT2D eigenvalue weighted by atomic mass is 9.94. The topological polar surface area (TPSA) is 35.5 Å². The van der Waals surface area contributed by atoms with Crippen LogP contribution in [-0.4, -0.2) is 47.3 Å². The molecular weight excluding hydrogens is 260 g/mol. The van der Waals surface area contributed by atoms with Gasteiger partial charge in [0, 0.05) is 17.6 Å². The summed E-state index contributed by atoms with van der Waals surface area (Å²) in [6.45, 7) is 7.33. The summed E-state index contributed by atoms with van der Waals surface area (Å²) in [5.41, 5.74) is -0.0497. The minimum atomic E-state index is -0.0497. The molecule has 1 saturated heterocycles. The molecule has 2 atom stereocenters. The van der Waals surface area contributed by atoms with Crippen molar-refractivity contribution in [1.29, 1.82) is 0 Å². The number of likely N-dealkylation sites (tertiary alicyclic amines) is 1. The Morgan fingerprint density at radius 1 is 1.19 bits per heavy atom. The summed E-state index contributed by atoms with van der Waals surface area (Å²) in [4.78, 5) is 2.73. The Labute approximate surface area is 131 Å². The molecule has 21 heavy (non-hydrogen) atoms. The molecule has 0 aromatic heterocycles. The molecule has 2 rings (SSSR count). The molecule has 1 aliphatic carbocycles. The van der Waals surface area contributed by atoms with E-state index in [0.717, 1.165) is 12.5 Å². The van der Waals surface area contributed by atoms with Crippen molar-refractivity contribution < 1.29 is 5.11 Å². The highest BCUT2D eigenvalue weighted by Gasteiger charge is 2.31. The van der Waals surface area contributed by atoms with E-state index in [1.165, 1.54) is 70.9 Å². The Hall–Kier alpha value is -0.120. The SMILES string of the molecule is CCCC1CCCCN1CCCCC(C)(CO)NC1CC1. The highest BCUT2D eigenvalue weighted by molar-refractivity contribution is 4.92. The molecule has 3 heteroatoms. The number of piperidine rings is 1.